The number of sulfonamides is 1. The van der Waals surface area contributed by atoms with Crippen molar-refractivity contribution in [2.45, 2.75) is 43.2 Å². The number of fused-ring (bicyclic) bond motifs is 1. The van der Waals surface area contributed by atoms with E-state index in [0.717, 1.165) is 30.6 Å². The molecule has 1 aromatic carbocycles. The summed E-state index contributed by atoms with van der Waals surface area (Å²) < 4.78 is 32.7. The standard InChI is InChI=1S/C14H20N2O3S/c1-9-6-11-7-12(4-5-14(11)19-9)20(17,18)16-8-13(15)10-2-3-10/h4-5,7,9-10,13,16H,2-3,6,8,15H2,1H3. The van der Waals surface area contributed by atoms with Crippen LogP contribution in [0.25, 0.3) is 0 Å². The monoisotopic (exact) mass is 296 g/mol. The van der Waals surface area contributed by atoms with E-state index < -0.39 is 10.0 Å². The Kier molecular flexibility index (Phi) is 3.48. The summed E-state index contributed by atoms with van der Waals surface area (Å²) in [6, 6.07) is 4.93. The predicted octanol–water partition coefficient (Wildman–Crippen LogP) is 1.03. The molecule has 0 aromatic heterocycles. The highest BCUT2D eigenvalue weighted by Gasteiger charge is 2.29. The molecule has 2 atom stereocenters. The Labute approximate surface area is 119 Å². The number of ether oxygens (including phenoxy) is 1. The van der Waals surface area contributed by atoms with Crippen molar-refractivity contribution in [1.82, 2.24) is 4.72 Å². The van der Waals surface area contributed by atoms with Crippen LogP contribution in [0, 0.1) is 5.92 Å². The zero-order valence-corrected chi connectivity index (χ0v) is 12.3. The highest BCUT2D eigenvalue weighted by molar-refractivity contribution is 7.89. The Morgan fingerprint density at radius 2 is 2.20 bits per heavy atom. The molecular formula is C14H20N2O3S. The molecule has 1 aliphatic heterocycles. The highest BCUT2D eigenvalue weighted by Crippen LogP contribution is 2.32. The number of rotatable bonds is 5. The summed E-state index contributed by atoms with van der Waals surface area (Å²) in [5, 5.41) is 0. The number of nitrogens with one attached hydrogen (secondary N) is 1. The first-order valence-electron chi connectivity index (χ1n) is 7.00. The van der Waals surface area contributed by atoms with Gasteiger partial charge in [0.15, 0.2) is 0 Å². The molecule has 1 saturated carbocycles. The molecule has 2 unspecified atom stereocenters. The third-order valence-corrected chi connectivity index (χ3v) is 5.34. The molecule has 2 aliphatic rings. The van der Waals surface area contributed by atoms with Gasteiger partial charge in [-0.3, -0.25) is 0 Å². The maximum atomic E-state index is 12.3. The van der Waals surface area contributed by atoms with Gasteiger partial charge >= 0.3 is 0 Å². The lowest BCUT2D eigenvalue weighted by atomic mass is 10.1. The van der Waals surface area contributed by atoms with Crippen molar-refractivity contribution < 1.29 is 13.2 Å². The van der Waals surface area contributed by atoms with E-state index in [2.05, 4.69) is 4.72 Å². The number of nitrogens with two attached hydrogens (primary N) is 1. The van der Waals surface area contributed by atoms with Crippen molar-refractivity contribution >= 4 is 10.0 Å². The lowest BCUT2D eigenvalue weighted by Crippen LogP contribution is -2.38. The van der Waals surface area contributed by atoms with E-state index in [1.54, 1.807) is 18.2 Å². The van der Waals surface area contributed by atoms with Gasteiger partial charge in [0.1, 0.15) is 11.9 Å². The molecule has 0 spiro atoms. The lowest BCUT2D eigenvalue weighted by Gasteiger charge is -2.12. The van der Waals surface area contributed by atoms with Crippen molar-refractivity contribution in [3.05, 3.63) is 23.8 Å². The molecule has 3 rings (SSSR count). The molecule has 110 valence electrons. The third kappa shape index (κ3) is 2.82. The van der Waals surface area contributed by atoms with Crippen LogP contribution in [-0.4, -0.2) is 27.1 Å². The third-order valence-electron chi connectivity index (χ3n) is 3.91. The first kappa shape index (κ1) is 13.9. The fourth-order valence-electron chi connectivity index (χ4n) is 2.55. The van der Waals surface area contributed by atoms with Gasteiger partial charge in [-0.1, -0.05) is 0 Å². The molecule has 0 bridgehead atoms. The summed E-state index contributed by atoms with van der Waals surface area (Å²) in [4.78, 5) is 0.289. The van der Waals surface area contributed by atoms with E-state index in [0.29, 0.717) is 12.5 Å². The molecule has 0 saturated heterocycles. The van der Waals surface area contributed by atoms with Crippen LogP contribution in [0.3, 0.4) is 0 Å². The summed E-state index contributed by atoms with van der Waals surface area (Å²) in [5.74, 6) is 1.26. The van der Waals surface area contributed by atoms with Crippen LogP contribution < -0.4 is 15.2 Å². The molecular weight excluding hydrogens is 276 g/mol. The summed E-state index contributed by atoms with van der Waals surface area (Å²) in [5.41, 5.74) is 6.88. The molecule has 6 heteroatoms. The van der Waals surface area contributed by atoms with Gasteiger partial charge in [-0.05, 0) is 49.4 Å². The van der Waals surface area contributed by atoms with Gasteiger partial charge in [-0.2, -0.15) is 0 Å². The van der Waals surface area contributed by atoms with Crippen LogP contribution in [0.1, 0.15) is 25.3 Å². The number of benzene rings is 1. The molecule has 0 amide bonds. The highest BCUT2D eigenvalue weighted by atomic mass is 32.2. The first-order valence-corrected chi connectivity index (χ1v) is 8.49. The Bertz CT molecular complexity index is 611. The fraction of sp³-hybridized carbons (Fsp3) is 0.571. The van der Waals surface area contributed by atoms with Crippen LogP contribution in [0.15, 0.2) is 23.1 Å². The normalized spacial score (nSPS) is 23.2. The fourth-order valence-corrected chi connectivity index (χ4v) is 3.67. The second-order valence-electron chi connectivity index (χ2n) is 5.76. The van der Waals surface area contributed by atoms with Gasteiger partial charge in [0.2, 0.25) is 10.0 Å². The van der Waals surface area contributed by atoms with Gasteiger partial charge in [0, 0.05) is 19.0 Å². The Morgan fingerprint density at radius 3 is 2.90 bits per heavy atom. The van der Waals surface area contributed by atoms with Crippen molar-refractivity contribution in [2.24, 2.45) is 11.7 Å². The molecule has 5 nitrogen and oxygen atoms in total. The second-order valence-corrected chi connectivity index (χ2v) is 7.52. The zero-order chi connectivity index (χ0) is 14.3. The average Bonchev–Trinajstić information content (AvgIpc) is 3.17. The van der Waals surface area contributed by atoms with Crippen LogP contribution in [0.2, 0.25) is 0 Å². The molecule has 1 aliphatic carbocycles. The van der Waals surface area contributed by atoms with Crippen LogP contribution in [0.4, 0.5) is 0 Å². The summed E-state index contributed by atoms with van der Waals surface area (Å²) in [6.45, 7) is 2.28. The molecule has 3 N–H and O–H groups in total. The Balaban J connectivity index is 1.72. The minimum atomic E-state index is -3.49. The van der Waals surface area contributed by atoms with E-state index in [9.17, 15) is 8.42 Å². The van der Waals surface area contributed by atoms with Gasteiger partial charge < -0.3 is 10.5 Å². The van der Waals surface area contributed by atoms with Gasteiger partial charge in [0.05, 0.1) is 4.90 Å². The summed E-state index contributed by atoms with van der Waals surface area (Å²) in [6.07, 6.45) is 3.08. The van der Waals surface area contributed by atoms with Crippen molar-refractivity contribution in [2.75, 3.05) is 6.54 Å². The van der Waals surface area contributed by atoms with Crippen molar-refractivity contribution in [1.29, 1.82) is 0 Å². The lowest BCUT2D eigenvalue weighted by molar-refractivity contribution is 0.254. The molecule has 1 aromatic rings. The molecule has 20 heavy (non-hydrogen) atoms. The number of hydrogen-bond acceptors (Lipinski definition) is 4. The van der Waals surface area contributed by atoms with Crippen LogP contribution in [0.5, 0.6) is 5.75 Å². The molecule has 1 fully saturated rings. The van der Waals surface area contributed by atoms with Gasteiger partial charge in [0.25, 0.3) is 0 Å². The average molecular weight is 296 g/mol. The van der Waals surface area contributed by atoms with Crippen molar-refractivity contribution in [3.8, 4) is 5.75 Å². The van der Waals surface area contributed by atoms with E-state index in [-0.39, 0.29) is 17.0 Å². The van der Waals surface area contributed by atoms with Crippen LogP contribution in [-0.2, 0) is 16.4 Å². The minimum Gasteiger partial charge on any atom is -0.490 e. The summed E-state index contributed by atoms with van der Waals surface area (Å²) >= 11 is 0. The van der Waals surface area contributed by atoms with E-state index in [4.69, 9.17) is 10.5 Å². The minimum absolute atomic E-state index is 0.0810. The predicted molar refractivity (Wildman–Crippen MR) is 76.1 cm³/mol. The maximum absolute atomic E-state index is 12.3. The quantitative estimate of drug-likeness (QED) is 0.850. The SMILES string of the molecule is CC1Cc2cc(S(=O)(=O)NCC(N)C3CC3)ccc2O1. The maximum Gasteiger partial charge on any atom is 0.240 e. The number of hydrogen-bond donors (Lipinski definition) is 2. The molecule has 0 radical (unpaired) electrons. The van der Waals surface area contributed by atoms with Gasteiger partial charge in [-0.25, -0.2) is 13.1 Å². The largest absolute Gasteiger partial charge is 0.490 e. The Hall–Kier alpha value is -1.11. The second kappa shape index (κ2) is 5.02. The zero-order valence-electron chi connectivity index (χ0n) is 11.5. The van der Waals surface area contributed by atoms with E-state index >= 15 is 0 Å². The Morgan fingerprint density at radius 1 is 1.45 bits per heavy atom. The van der Waals surface area contributed by atoms with E-state index in [1.165, 1.54) is 0 Å². The van der Waals surface area contributed by atoms with Crippen LogP contribution >= 0.6 is 0 Å². The topological polar surface area (TPSA) is 81.4 Å². The van der Waals surface area contributed by atoms with E-state index in [1.807, 2.05) is 6.92 Å². The van der Waals surface area contributed by atoms with Crippen molar-refractivity contribution in [3.63, 3.8) is 0 Å². The summed E-state index contributed by atoms with van der Waals surface area (Å²) in [7, 11) is -3.49. The van der Waals surface area contributed by atoms with Gasteiger partial charge in [-0.15, -0.1) is 0 Å². The first-order chi connectivity index (χ1) is 9.45. The smallest absolute Gasteiger partial charge is 0.240 e. The molecule has 1 heterocycles.